The summed E-state index contributed by atoms with van der Waals surface area (Å²) in [6, 6.07) is 21.7. The molecule has 3 aromatic carbocycles. The molecular formula is C46H62N4O9. The number of anilines is 1. The number of amides is 2. The molecule has 320 valence electrons. The molecule has 13 heteroatoms. The molecule has 2 amide bonds. The van der Waals surface area contributed by atoms with Crippen molar-refractivity contribution in [3.05, 3.63) is 90.1 Å². The standard InChI is InChI=1S/C46H62N4O9/c1-5-22-55-23-24-56-25-26-57-27-28-58-29-30-59-41-18-17-37(38-10-7-8-11-39(38)41)35-13-15-36(16-14-35)40(32-44(52)53)49-46(54)45(34(4)6-2)50-43(51)12-9-20-47-42-31-33(3)19-21-48-42/h7-8,10-11,13-19,21,31,34,40,45H,5-6,9,12,20,22-30,32H2,1-4H3,(H,47,48)(H,49,54)(H,50,51)(H,52,53)/t34-,40-,45-/m0/s1. The highest BCUT2D eigenvalue weighted by atomic mass is 16.6. The number of carboxylic acids is 1. The monoisotopic (exact) mass is 814 g/mol. The second kappa shape index (κ2) is 26.1. The van der Waals surface area contributed by atoms with Crippen LogP contribution < -0.4 is 20.7 Å². The van der Waals surface area contributed by atoms with Gasteiger partial charge in [0.15, 0.2) is 0 Å². The van der Waals surface area contributed by atoms with E-state index in [1.54, 1.807) is 6.20 Å². The van der Waals surface area contributed by atoms with Crippen LogP contribution in [0.25, 0.3) is 21.9 Å². The van der Waals surface area contributed by atoms with Crippen LogP contribution in [0.4, 0.5) is 5.82 Å². The number of fused-ring (bicyclic) bond motifs is 1. The van der Waals surface area contributed by atoms with E-state index in [1.165, 1.54) is 0 Å². The lowest BCUT2D eigenvalue weighted by Crippen LogP contribution is -2.51. The van der Waals surface area contributed by atoms with Crippen molar-refractivity contribution in [2.45, 2.75) is 71.9 Å². The van der Waals surface area contributed by atoms with Gasteiger partial charge in [-0.3, -0.25) is 14.4 Å². The predicted molar refractivity (Wildman–Crippen MR) is 230 cm³/mol. The third-order valence-corrected chi connectivity index (χ3v) is 9.77. The number of hydrogen-bond donors (Lipinski definition) is 4. The summed E-state index contributed by atoms with van der Waals surface area (Å²) in [6.07, 6.45) is 3.82. The lowest BCUT2D eigenvalue weighted by atomic mass is 9.94. The topological polar surface area (TPSA) is 167 Å². The molecule has 0 saturated heterocycles. The summed E-state index contributed by atoms with van der Waals surface area (Å²) in [4.78, 5) is 42.9. The van der Waals surface area contributed by atoms with Gasteiger partial charge >= 0.3 is 5.97 Å². The summed E-state index contributed by atoms with van der Waals surface area (Å²) < 4.78 is 28.2. The largest absolute Gasteiger partial charge is 0.491 e. The minimum Gasteiger partial charge on any atom is -0.491 e. The summed E-state index contributed by atoms with van der Waals surface area (Å²) in [5.41, 5.74) is 3.64. The maximum Gasteiger partial charge on any atom is 0.305 e. The Morgan fingerprint density at radius 1 is 0.763 bits per heavy atom. The molecule has 13 nitrogen and oxygen atoms in total. The Kier molecular flexibility index (Phi) is 20.6. The molecule has 1 aromatic heterocycles. The van der Waals surface area contributed by atoms with Gasteiger partial charge in [0.25, 0.3) is 0 Å². The summed E-state index contributed by atoms with van der Waals surface area (Å²) in [5.74, 6) is -0.409. The quantitative estimate of drug-likeness (QED) is 0.0413. The van der Waals surface area contributed by atoms with Crippen molar-refractivity contribution in [1.29, 1.82) is 0 Å². The number of carbonyl (C=O) groups is 3. The first-order valence-electron chi connectivity index (χ1n) is 20.7. The molecule has 0 fully saturated rings. The zero-order chi connectivity index (χ0) is 42.2. The van der Waals surface area contributed by atoms with Crippen molar-refractivity contribution >= 4 is 34.4 Å². The van der Waals surface area contributed by atoms with Gasteiger partial charge in [-0.05, 0) is 71.5 Å². The first-order valence-corrected chi connectivity index (χ1v) is 20.7. The Hall–Kier alpha value is -5.08. The number of nitrogens with one attached hydrogen (secondary N) is 3. The lowest BCUT2D eigenvalue weighted by molar-refractivity contribution is -0.138. The van der Waals surface area contributed by atoms with Gasteiger partial charge in [0, 0.05) is 31.2 Å². The van der Waals surface area contributed by atoms with Crippen LogP contribution >= 0.6 is 0 Å². The molecule has 4 N–H and O–H groups in total. The molecule has 0 spiro atoms. The summed E-state index contributed by atoms with van der Waals surface area (Å²) >= 11 is 0. The lowest BCUT2D eigenvalue weighted by Gasteiger charge is -2.26. The minimum atomic E-state index is -1.05. The SMILES string of the molecule is CCCOCCOCCOCCOCCOc1ccc(-c2ccc([C@H](CC(=O)O)NC(=O)[C@@H](NC(=O)CCCNc3cc(C)ccn3)[C@@H](C)CC)cc2)c2ccccc12. The first kappa shape index (κ1) is 46.6. The molecule has 59 heavy (non-hydrogen) atoms. The molecule has 0 saturated carbocycles. The van der Waals surface area contributed by atoms with Crippen LogP contribution in [0.2, 0.25) is 0 Å². The average molecular weight is 815 g/mol. The van der Waals surface area contributed by atoms with Crippen molar-refractivity contribution in [2.24, 2.45) is 5.92 Å². The number of hydrogen-bond acceptors (Lipinski definition) is 10. The van der Waals surface area contributed by atoms with E-state index in [9.17, 15) is 19.5 Å². The summed E-state index contributed by atoms with van der Waals surface area (Å²) in [7, 11) is 0. The van der Waals surface area contributed by atoms with Crippen molar-refractivity contribution < 1.29 is 43.2 Å². The van der Waals surface area contributed by atoms with Crippen molar-refractivity contribution in [3.8, 4) is 16.9 Å². The first-order chi connectivity index (χ1) is 28.7. The van der Waals surface area contributed by atoms with E-state index in [-0.39, 0.29) is 24.7 Å². The van der Waals surface area contributed by atoms with Gasteiger partial charge in [0.2, 0.25) is 11.8 Å². The molecule has 1 heterocycles. The fourth-order valence-electron chi connectivity index (χ4n) is 6.39. The third-order valence-electron chi connectivity index (χ3n) is 9.77. The number of aliphatic carboxylic acids is 1. The average Bonchev–Trinajstić information content (AvgIpc) is 3.23. The fourth-order valence-corrected chi connectivity index (χ4v) is 6.39. The van der Waals surface area contributed by atoms with Crippen LogP contribution in [0.5, 0.6) is 5.75 Å². The van der Waals surface area contributed by atoms with Crippen molar-refractivity contribution in [1.82, 2.24) is 15.6 Å². The van der Waals surface area contributed by atoms with Gasteiger partial charge in [-0.15, -0.1) is 0 Å². The highest BCUT2D eigenvalue weighted by molar-refractivity contribution is 6.00. The Morgan fingerprint density at radius 3 is 2.03 bits per heavy atom. The van der Waals surface area contributed by atoms with Gasteiger partial charge in [-0.1, -0.05) is 81.8 Å². The number of pyridine rings is 1. The van der Waals surface area contributed by atoms with Gasteiger partial charge < -0.3 is 44.7 Å². The van der Waals surface area contributed by atoms with Crippen LogP contribution in [-0.4, -0.2) is 99.9 Å². The normalized spacial score (nSPS) is 12.7. The smallest absolute Gasteiger partial charge is 0.305 e. The molecule has 0 unspecified atom stereocenters. The fraction of sp³-hybridized carbons (Fsp3) is 0.478. The van der Waals surface area contributed by atoms with E-state index in [2.05, 4.69) is 27.9 Å². The molecule has 0 radical (unpaired) electrons. The zero-order valence-electron chi connectivity index (χ0n) is 35.0. The Morgan fingerprint density at radius 2 is 1.41 bits per heavy atom. The van der Waals surface area contributed by atoms with Gasteiger partial charge in [0.05, 0.1) is 58.7 Å². The van der Waals surface area contributed by atoms with E-state index < -0.39 is 24.0 Å². The maximum absolute atomic E-state index is 13.7. The van der Waals surface area contributed by atoms with Crippen molar-refractivity contribution in [3.63, 3.8) is 0 Å². The van der Waals surface area contributed by atoms with Gasteiger partial charge in [0.1, 0.15) is 24.2 Å². The molecule has 4 rings (SSSR count). The van der Waals surface area contributed by atoms with Crippen LogP contribution in [0, 0.1) is 12.8 Å². The Balaban J connectivity index is 1.30. The second-order valence-corrected chi connectivity index (χ2v) is 14.4. The van der Waals surface area contributed by atoms with E-state index in [0.717, 1.165) is 52.1 Å². The highest BCUT2D eigenvalue weighted by Gasteiger charge is 2.29. The van der Waals surface area contributed by atoms with Crippen LogP contribution in [0.1, 0.15) is 70.0 Å². The minimum absolute atomic E-state index is 0.175. The Labute approximate surface area is 348 Å². The molecule has 4 aromatic rings. The van der Waals surface area contributed by atoms with Crippen LogP contribution in [0.15, 0.2) is 79.0 Å². The van der Waals surface area contributed by atoms with E-state index in [0.29, 0.717) is 77.8 Å². The van der Waals surface area contributed by atoms with Crippen LogP contribution in [-0.2, 0) is 33.3 Å². The number of carbonyl (C=O) groups excluding carboxylic acids is 2. The molecule has 0 bridgehead atoms. The second-order valence-electron chi connectivity index (χ2n) is 14.4. The molecule has 0 aliphatic rings. The number of aryl methyl sites for hydroxylation is 1. The van der Waals surface area contributed by atoms with E-state index in [1.807, 2.05) is 93.6 Å². The molecular weight excluding hydrogens is 753 g/mol. The maximum atomic E-state index is 13.7. The van der Waals surface area contributed by atoms with E-state index >= 15 is 0 Å². The molecule has 0 aliphatic heterocycles. The molecule has 0 aliphatic carbocycles. The Bertz CT molecular complexity index is 1870. The third kappa shape index (κ3) is 16.2. The number of ether oxygens (including phenoxy) is 5. The zero-order valence-corrected chi connectivity index (χ0v) is 35.0. The number of rotatable bonds is 29. The number of nitrogens with zero attached hydrogens (tertiary/aromatic N) is 1. The number of carboxylic acid groups (broad SMARTS) is 1. The predicted octanol–water partition coefficient (Wildman–Crippen LogP) is 7.12. The number of benzene rings is 3. The number of aromatic nitrogens is 1. The van der Waals surface area contributed by atoms with Crippen LogP contribution in [0.3, 0.4) is 0 Å². The summed E-state index contributed by atoms with van der Waals surface area (Å²) in [5, 5.41) is 20.8. The highest BCUT2D eigenvalue weighted by Crippen LogP contribution is 2.35. The van der Waals surface area contributed by atoms with E-state index in [4.69, 9.17) is 23.7 Å². The summed E-state index contributed by atoms with van der Waals surface area (Å²) in [6.45, 7) is 13.1. The van der Waals surface area contributed by atoms with Gasteiger partial charge in [-0.25, -0.2) is 4.98 Å². The van der Waals surface area contributed by atoms with Gasteiger partial charge in [-0.2, -0.15) is 0 Å². The van der Waals surface area contributed by atoms with Crippen molar-refractivity contribution in [2.75, 3.05) is 71.3 Å². The molecule has 3 atom stereocenters.